The van der Waals surface area contributed by atoms with Crippen LogP contribution < -0.4 is 10.1 Å². The summed E-state index contributed by atoms with van der Waals surface area (Å²) in [5.74, 6) is -1.01. The summed E-state index contributed by atoms with van der Waals surface area (Å²) in [5.41, 5.74) is 0.218. The van der Waals surface area contributed by atoms with Crippen molar-refractivity contribution in [2.24, 2.45) is 0 Å². The van der Waals surface area contributed by atoms with Gasteiger partial charge in [0.15, 0.2) is 0 Å². The first-order valence-electron chi connectivity index (χ1n) is 6.82. The van der Waals surface area contributed by atoms with Crippen molar-refractivity contribution in [1.82, 2.24) is 5.32 Å². The van der Waals surface area contributed by atoms with Gasteiger partial charge in [-0.15, -0.1) is 24.9 Å². The quantitative estimate of drug-likeness (QED) is 0.623. The van der Waals surface area contributed by atoms with Gasteiger partial charge < -0.3 is 10.1 Å². The van der Waals surface area contributed by atoms with Crippen LogP contribution in [0.5, 0.6) is 5.75 Å². The molecule has 128 valence electrons. The number of hydrogen-bond donors (Lipinski definition) is 1. The van der Waals surface area contributed by atoms with Gasteiger partial charge in [-0.1, -0.05) is 18.2 Å². The molecule has 0 radical (unpaired) electrons. The minimum Gasteiger partial charge on any atom is -0.405 e. The summed E-state index contributed by atoms with van der Waals surface area (Å²) < 4.78 is 53.6. The van der Waals surface area contributed by atoms with E-state index in [1.54, 1.807) is 18.2 Å². The third-order valence-electron chi connectivity index (χ3n) is 2.86. The molecule has 0 saturated heterocycles. The second-order valence-electron chi connectivity index (χ2n) is 4.67. The Labute approximate surface area is 140 Å². The number of carbonyl (C=O) groups excluding carboxylic acids is 1. The SMILES string of the molecule is O=C(CSc1ccc(F)cc1)NCc1ccccc1OC(F)(F)F. The highest BCUT2D eigenvalue weighted by molar-refractivity contribution is 8.00. The lowest BCUT2D eigenvalue weighted by Gasteiger charge is -2.13. The van der Waals surface area contributed by atoms with Gasteiger partial charge in [0, 0.05) is 17.0 Å². The van der Waals surface area contributed by atoms with Gasteiger partial charge in [0.2, 0.25) is 5.91 Å². The number of amides is 1. The fraction of sp³-hybridized carbons (Fsp3) is 0.188. The first-order valence-corrected chi connectivity index (χ1v) is 7.81. The Morgan fingerprint density at radius 3 is 2.42 bits per heavy atom. The van der Waals surface area contributed by atoms with Gasteiger partial charge in [-0.3, -0.25) is 4.79 Å². The number of halogens is 4. The molecule has 0 aliphatic carbocycles. The van der Waals surface area contributed by atoms with E-state index in [1.165, 1.54) is 42.1 Å². The molecule has 0 bridgehead atoms. The minimum absolute atomic E-state index is 0.0634. The number of benzene rings is 2. The van der Waals surface area contributed by atoms with Crippen molar-refractivity contribution in [3.05, 3.63) is 59.9 Å². The smallest absolute Gasteiger partial charge is 0.405 e. The normalized spacial score (nSPS) is 11.2. The van der Waals surface area contributed by atoms with Gasteiger partial charge in [0.05, 0.1) is 5.75 Å². The number of carbonyl (C=O) groups is 1. The summed E-state index contributed by atoms with van der Waals surface area (Å²) in [7, 11) is 0. The van der Waals surface area contributed by atoms with Gasteiger partial charge in [-0.2, -0.15) is 0 Å². The lowest BCUT2D eigenvalue weighted by Crippen LogP contribution is -2.25. The second-order valence-corrected chi connectivity index (χ2v) is 5.72. The molecule has 2 aromatic carbocycles. The molecular weight excluding hydrogens is 346 g/mol. The van der Waals surface area contributed by atoms with Crippen molar-refractivity contribution in [2.75, 3.05) is 5.75 Å². The number of alkyl halides is 3. The highest BCUT2D eigenvalue weighted by Gasteiger charge is 2.31. The van der Waals surface area contributed by atoms with Crippen LogP contribution >= 0.6 is 11.8 Å². The molecule has 0 aromatic heterocycles. The maximum Gasteiger partial charge on any atom is 0.573 e. The summed E-state index contributed by atoms with van der Waals surface area (Å²) in [4.78, 5) is 12.5. The minimum atomic E-state index is -4.79. The molecule has 0 spiro atoms. The fourth-order valence-corrected chi connectivity index (χ4v) is 2.53. The number of nitrogens with one attached hydrogen (secondary N) is 1. The van der Waals surface area contributed by atoms with Crippen LogP contribution in [0.25, 0.3) is 0 Å². The van der Waals surface area contributed by atoms with Crippen LogP contribution in [-0.2, 0) is 11.3 Å². The van der Waals surface area contributed by atoms with Crippen molar-refractivity contribution >= 4 is 17.7 Å². The molecule has 0 atom stereocenters. The highest BCUT2D eigenvalue weighted by atomic mass is 32.2. The van der Waals surface area contributed by atoms with E-state index in [0.29, 0.717) is 4.90 Å². The summed E-state index contributed by atoms with van der Waals surface area (Å²) in [6.07, 6.45) is -4.79. The molecule has 8 heteroatoms. The molecule has 0 aliphatic rings. The third kappa shape index (κ3) is 6.11. The summed E-state index contributed by atoms with van der Waals surface area (Å²) in [6.45, 7) is -0.0882. The van der Waals surface area contributed by atoms with Crippen LogP contribution in [0.15, 0.2) is 53.4 Å². The summed E-state index contributed by atoms with van der Waals surface area (Å²) >= 11 is 1.20. The number of hydrogen-bond acceptors (Lipinski definition) is 3. The van der Waals surface area contributed by atoms with Gasteiger partial charge in [-0.05, 0) is 30.3 Å². The Hall–Kier alpha value is -2.22. The first-order chi connectivity index (χ1) is 11.3. The predicted octanol–water partition coefficient (Wildman–Crippen LogP) is 4.13. The van der Waals surface area contributed by atoms with E-state index in [2.05, 4.69) is 10.1 Å². The molecule has 24 heavy (non-hydrogen) atoms. The number of para-hydroxylation sites is 1. The van der Waals surface area contributed by atoms with E-state index in [4.69, 9.17) is 0 Å². The Balaban J connectivity index is 1.86. The van der Waals surface area contributed by atoms with E-state index >= 15 is 0 Å². The monoisotopic (exact) mass is 359 g/mol. The Morgan fingerprint density at radius 1 is 1.08 bits per heavy atom. The van der Waals surface area contributed by atoms with Crippen LogP contribution in [0.2, 0.25) is 0 Å². The van der Waals surface area contributed by atoms with E-state index in [-0.39, 0.29) is 35.3 Å². The van der Waals surface area contributed by atoms with Crippen molar-refractivity contribution in [3.8, 4) is 5.75 Å². The van der Waals surface area contributed by atoms with E-state index in [9.17, 15) is 22.4 Å². The average Bonchev–Trinajstić information content (AvgIpc) is 2.52. The van der Waals surface area contributed by atoms with Crippen LogP contribution in [0, 0.1) is 5.82 Å². The Bertz CT molecular complexity index is 689. The molecule has 2 rings (SSSR count). The zero-order valence-electron chi connectivity index (χ0n) is 12.3. The van der Waals surface area contributed by atoms with Crippen molar-refractivity contribution in [3.63, 3.8) is 0 Å². The molecule has 3 nitrogen and oxygen atoms in total. The predicted molar refractivity (Wildman–Crippen MR) is 82.1 cm³/mol. The molecule has 0 saturated carbocycles. The molecule has 0 fully saturated rings. The van der Waals surface area contributed by atoms with Gasteiger partial charge in [0.1, 0.15) is 11.6 Å². The average molecular weight is 359 g/mol. The van der Waals surface area contributed by atoms with E-state index in [1.807, 2.05) is 0 Å². The number of thioether (sulfide) groups is 1. The molecular formula is C16H13F4NO2S. The molecule has 1 amide bonds. The van der Waals surface area contributed by atoms with Crippen LogP contribution in [0.1, 0.15) is 5.56 Å². The molecule has 0 unspecified atom stereocenters. The second kappa shape index (κ2) is 8.05. The third-order valence-corrected chi connectivity index (χ3v) is 3.87. The van der Waals surface area contributed by atoms with Crippen LogP contribution in [0.3, 0.4) is 0 Å². The van der Waals surface area contributed by atoms with Gasteiger partial charge >= 0.3 is 6.36 Å². The molecule has 2 aromatic rings. The fourth-order valence-electron chi connectivity index (χ4n) is 1.80. The van der Waals surface area contributed by atoms with Crippen molar-refractivity contribution in [1.29, 1.82) is 0 Å². The van der Waals surface area contributed by atoms with Crippen molar-refractivity contribution in [2.45, 2.75) is 17.8 Å². The Kier molecular flexibility index (Phi) is 6.08. The zero-order valence-corrected chi connectivity index (χ0v) is 13.1. The molecule has 0 heterocycles. The largest absolute Gasteiger partial charge is 0.573 e. The topological polar surface area (TPSA) is 38.3 Å². The lowest BCUT2D eigenvalue weighted by atomic mass is 10.2. The summed E-state index contributed by atoms with van der Waals surface area (Å²) in [6, 6.07) is 11.2. The zero-order chi connectivity index (χ0) is 17.6. The number of ether oxygens (including phenoxy) is 1. The lowest BCUT2D eigenvalue weighted by molar-refractivity contribution is -0.274. The Morgan fingerprint density at radius 2 is 1.75 bits per heavy atom. The first kappa shape index (κ1) is 18.1. The van der Waals surface area contributed by atoms with Crippen LogP contribution in [-0.4, -0.2) is 18.0 Å². The van der Waals surface area contributed by atoms with E-state index in [0.717, 1.165) is 0 Å². The van der Waals surface area contributed by atoms with Crippen molar-refractivity contribution < 1.29 is 27.1 Å². The summed E-state index contributed by atoms with van der Waals surface area (Å²) in [5, 5.41) is 2.53. The van der Waals surface area contributed by atoms with Gasteiger partial charge in [0.25, 0.3) is 0 Å². The highest BCUT2D eigenvalue weighted by Crippen LogP contribution is 2.26. The maximum atomic E-state index is 12.8. The standard InChI is InChI=1S/C16H13F4NO2S/c17-12-5-7-13(8-6-12)24-10-15(22)21-9-11-3-1-2-4-14(11)23-16(18,19)20/h1-8H,9-10H2,(H,21,22). The van der Waals surface area contributed by atoms with Crippen LogP contribution in [0.4, 0.5) is 17.6 Å². The van der Waals surface area contributed by atoms with E-state index < -0.39 is 6.36 Å². The van der Waals surface area contributed by atoms with Gasteiger partial charge in [-0.25, -0.2) is 4.39 Å². The number of rotatable bonds is 6. The molecule has 1 N–H and O–H groups in total. The molecule has 0 aliphatic heterocycles. The maximum absolute atomic E-state index is 12.8.